The molecule has 1 aliphatic rings. The van der Waals surface area contributed by atoms with E-state index in [2.05, 4.69) is 15.4 Å². The summed E-state index contributed by atoms with van der Waals surface area (Å²) in [5.41, 5.74) is 1.88. The maximum Gasteiger partial charge on any atom is 0.433 e. The van der Waals surface area contributed by atoms with E-state index in [-0.39, 0.29) is 17.1 Å². The van der Waals surface area contributed by atoms with Gasteiger partial charge in [0.15, 0.2) is 5.65 Å². The molecule has 1 amide bonds. The molecule has 1 saturated carbocycles. The Balaban J connectivity index is 1.79. The van der Waals surface area contributed by atoms with Crippen LogP contribution in [0.1, 0.15) is 51.6 Å². The van der Waals surface area contributed by atoms with E-state index >= 15 is 0 Å². The summed E-state index contributed by atoms with van der Waals surface area (Å²) >= 11 is 0. The zero-order chi connectivity index (χ0) is 19.3. The van der Waals surface area contributed by atoms with E-state index in [9.17, 15) is 18.0 Å². The molecule has 2 aromatic heterocycles. The molecule has 3 aromatic rings. The summed E-state index contributed by atoms with van der Waals surface area (Å²) in [5, 5.41) is 6.54. The standard InChI is InChI=1S/C19H17F3N4O/c1-10-4-3-5-14(11(10)2)25-18(27)13-9-23-26-16(19(20,21)22)8-15(12-6-7-12)24-17(13)26/h3-5,8-9,12H,6-7H2,1-2H3,(H,25,27). The Morgan fingerprint density at radius 1 is 1.26 bits per heavy atom. The Bertz CT molecular complexity index is 1050. The van der Waals surface area contributed by atoms with Gasteiger partial charge in [-0.15, -0.1) is 0 Å². The molecular weight excluding hydrogens is 357 g/mol. The maximum atomic E-state index is 13.4. The van der Waals surface area contributed by atoms with Crippen LogP contribution in [0.25, 0.3) is 5.65 Å². The highest BCUT2D eigenvalue weighted by Gasteiger charge is 2.38. The monoisotopic (exact) mass is 374 g/mol. The molecule has 0 atom stereocenters. The van der Waals surface area contributed by atoms with Crippen molar-refractivity contribution in [1.82, 2.24) is 14.6 Å². The molecular formula is C19H17F3N4O. The summed E-state index contributed by atoms with van der Waals surface area (Å²) in [4.78, 5) is 17.0. The Labute approximate surface area is 153 Å². The van der Waals surface area contributed by atoms with Gasteiger partial charge >= 0.3 is 6.18 Å². The van der Waals surface area contributed by atoms with Crippen LogP contribution >= 0.6 is 0 Å². The van der Waals surface area contributed by atoms with Crippen molar-refractivity contribution in [2.75, 3.05) is 5.32 Å². The fraction of sp³-hybridized carbons (Fsp3) is 0.316. The van der Waals surface area contributed by atoms with Crippen LogP contribution in [0, 0.1) is 13.8 Å². The highest BCUT2D eigenvalue weighted by molar-refractivity contribution is 6.08. The highest BCUT2D eigenvalue weighted by Crippen LogP contribution is 2.41. The Hall–Kier alpha value is -2.90. The van der Waals surface area contributed by atoms with Crippen molar-refractivity contribution < 1.29 is 18.0 Å². The lowest BCUT2D eigenvalue weighted by atomic mass is 10.1. The molecule has 1 N–H and O–H groups in total. The van der Waals surface area contributed by atoms with Crippen LogP contribution in [0.4, 0.5) is 18.9 Å². The minimum Gasteiger partial charge on any atom is -0.322 e. The molecule has 0 aliphatic heterocycles. The van der Waals surface area contributed by atoms with Crippen molar-refractivity contribution in [3.63, 3.8) is 0 Å². The van der Waals surface area contributed by atoms with Crippen molar-refractivity contribution >= 4 is 17.2 Å². The normalized spacial score (nSPS) is 14.6. The molecule has 1 aliphatic carbocycles. The van der Waals surface area contributed by atoms with Crippen LogP contribution in [0.15, 0.2) is 30.5 Å². The molecule has 0 saturated heterocycles. The van der Waals surface area contributed by atoms with Crippen molar-refractivity contribution in [2.45, 2.75) is 38.8 Å². The predicted molar refractivity (Wildman–Crippen MR) is 93.8 cm³/mol. The molecule has 2 heterocycles. The summed E-state index contributed by atoms with van der Waals surface area (Å²) in [7, 11) is 0. The number of halogens is 3. The SMILES string of the molecule is Cc1cccc(NC(=O)c2cnn3c(C(F)(F)F)cc(C4CC4)nc23)c1C. The molecule has 5 nitrogen and oxygen atoms in total. The highest BCUT2D eigenvalue weighted by atomic mass is 19.4. The van der Waals surface area contributed by atoms with Crippen molar-refractivity contribution in [1.29, 1.82) is 0 Å². The summed E-state index contributed by atoms with van der Waals surface area (Å²) in [6.07, 6.45) is -1.84. The number of aryl methyl sites for hydroxylation is 1. The van der Waals surface area contributed by atoms with E-state index in [1.165, 1.54) is 0 Å². The van der Waals surface area contributed by atoms with Gasteiger partial charge in [0.2, 0.25) is 0 Å². The third-order valence-corrected chi connectivity index (χ3v) is 4.88. The number of hydrogen-bond donors (Lipinski definition) is 1. The Kier molecular flexibility index (Phi) is 3.94. The van der Waals surface area contributed by atoms with E-state index in [4.69, 9.17) is 0 Å². The van der Waals surface area contributed by atoms with Crippen LogP contribution in [0.3, 0.4) is 0 Å². The van der Waals surface area contributed by atoms with Gasteiger partial charge in [0.25, 0.3) is 5.91 Å². The van der Waals surface area contributed by atoms with E-state index in [1.807, 2.05) is 19.9 Å². The molecule has 0 radical (unpaired) electrons. The van der Waals surface area contributed by atoms with Gasteiger partial charge in [-0.2, -0.15) is 18.3 Å². The van der Waals surface area contributed by atoms with Crippen LogP contribution in [0.5, 0.6) is 0 Å². The Morgan fingerprint density at radius 2 is 2.00 bits per heavy atom. The van der Waals surface area contributed by atoms with Gasteiger partial charge in [-0.05, 0) is 49.9 Å². The number of alkyl halides is 3. The number of carbonyl (C=O) groups is 1. The molecule has 0 bridgehead atoms. The second kappa shape index (κ2) is 6.07. The molecule has 8 heteroatoms. The smallest absolute Gasteiger partial charge is 0.322 e. The minimum absolute atomic E-state index is 0.0147. The van der Waals surface area contributed by atoms with E-state index < -0.39 is 17.8 Å². The number of nitrogens with one attached hydrogen (secondary N) is 1. The van der Waals surface area contributed by atoms with Gasteiger partial charge in [0.05, 0.1) is 6.20 Å². The van der Waals surface area contributed by atoms with Crippen molar-refractivity contribution in [2.24, 2.45) is 0 Å². The quantitative estimate of drug-likeness (QED) is 0.735. The van der Waals surface area contributed by atoms with Crippen LogP contribution in [-0.2, 0) is 6.18 Å². The second-order valence-electron chi connectivity index (χ2n) is 6.83. The van der Waals surface area contributed by atoms with Gasteiger partial charge < -0.3 is 5.32 Å². The average molecular weight is 374 g/mol. The Morgan fingerprint density at radius 3 is 2.67 bits per heavy atom. The number of nitrogens with zero attached hydrogens (tertiary/aromatic N) is 3. The molecule has 1 fully saturated rings. The molecule has 27 heavy (non-hydrogen) atoms. The second-order valence-corrected chi connectivity index (χ2v) is 6.83. The van der Waals surface area contributed by atoms with Gasteiger partial charge in [-0.1, -0.05) is 12.1 Å². The molecule has 0 unspecified atom stereocenters. The van der Waals surface area contributed by atoms with Crippen molar-refractivity contribution in [3.8, 4) is 0 Å². The van der Waals surface area contributed by atoms with Gasteiger partial charge in [-0.25, -0.2) is 9.50 Å². The first-order valence-corrected chi connectivity index (χ1v) is 8.59. The molecule has 4 rings (SSSR count). The number of hydrogen-bond acceptors (Lipinski definition) is 3. The average Bonchev–Trinajstić information content (AvgIpc) is 3.36. The zero-order valence-electron chi connectivity index (χ0n) is 14.8. The fourth-order valence-electron chi connectivity index (χ4n) is 3.01. The van der Waals surface area contributed by atoms with E-state index in [0.29, 0.717) is 15.9 Å². The lowest BCUT2D eigenvalue weighted by molar-refractivity contribution is -0.142. The number of rotatable bonds is 3. The van der Waals surface area contributed by atoms with E-state index in [1.54, 1.807) is 12.1 Å². The third-order valence-electron chi connectivity index (χ3n) is 4.88. The predicted octanol–water partition coefficient (Wildman–Crippen LogP) is 4.49. The molecule has 1 aromatic carbocycles. The number of aromatic nitrogens is 3. The van der Waals surface area contributed by atoms with Gasteiger partial charge in [-0.3, -0.25) is 4.79 Å². The number of fused-ring (bicyclic) bond motifs is 1. The first kappa shape index (κ1) is 17.5. The van der Waals surface area contributed by atoms with Gasteiger partial charge in [0.1, 0.15) is 11.3 Å². The van der Waals surface area contributed by atoms with E-state index in [0.717, 1.165) is 36.2 Å². The zero-order valence-corrected chi connectivity index (χ0v) is 14.8. The summed E-state index contributed by atoms with van der Waals surface area (Å²) in [6.45, 7) is 3.78. The largest absolute Gasteiger partial charge is 0.433 e. The molecule has 0 spiro atoms. The first-order valence-electron chi connectivity index (χ1n) is 8.59. The number of carbonyl (C=O) groups excluding carboxylic acids is 1. The first-order chi connectivity index (χ1) is 12.8. The number of amides is 1. The van der Waals surface area contributed by atoms with Crippen LogP contribution in [0.2, 0.25) is 0 Å². The summed E-state index contributed by atoms with van der Waals surface area (Å²) in [5.74, 6) is -0.520. The van der Waals surface area contributed by atoms with Crippen LogP contribution < -0.4 is 5.32 Å². The number of benzene rings is 1. The minimum atomic E-state index is -4.59. The third kappa shape index (κ3) is 3.15. The topological polar surface area (TPSA) is 59.3 Å². The lowest BCUT2D eigenvalue weighted by Gasteiger charge is -2.12. The lowest BCUT2D eigenvalue weighted by Crippen LogP contribution is -2.16. The number of anilines is 1. The summed E-state index contributed by atoms with van der Waals surface area (Å²) in [6, 6.07) is 6.50. The fourth-order valence-corrected chi connectivity index (χ4v) is 3.01. The van der Waals surface area contributed by atoms with Crippen molar-refractivity contribution in [3.05, 3.63) is 58.5 Å². The van der Waals surface area contributed by atoms with Gasteiger partial charge in [0, 0.05) is 17.3 Å². The molecule has 140 valence electrons. The summed E-state index contributed by atoms with van der Waals surface area (Å²) < 4.78 is 41.0. The maximum absolute atomic E-state index is 13.4. The van der Waals surface area contributed by atoms with Crippen LogP contribution in [-0.4, -0.2) is 20.5 Å².